The van der Waals surface area contributed by atoms with E-state index in [-0.39, 0.29) is 17.8 Å². The quantitative estimate of drug-likeness (QED) is 0.848. The molecule has 0 aromatic heterocycles. The molecular weight excluding hydrogens is 341 g/mol. The van der Waals surface area contributed by atoms with Crippen LogP contribution in [0.4, 0.5) is 4.39 Å². The molecule has 3 atom stereocenters. The molecular formula is C23H28FNO2. The van der Waals surface area contributed by atoms with Gasteiger partial charge in [-0.3, -0.25) is 4.90 Å². The number of nitrogens with zero attached hydrogens (tertiary/aromatic N) is 1. The van der Waals surface area contributed by atoms with Crippen LogP contribution < -0.4 is 4.74 Å². The third-order valence-corrected chi connectivity index (χ3v) is 6.46. The molecule has 0 unspecified atom stereocenters. The first-order chi connectivity index (χ1) is 13.1. The van der Waals surface area contributed by atoms with Crippen LogP contribution in [0.2, 0.25) is 0 Å². The van der Waals surface area contributed by atoms with Gasteiger partial charge in [0.15, 0.2) is 0 Å². The van der Waals surface area contributed by atoms with E-state index in [1.807, 2.05) is 24.3 Å². The van der Waals surface area contributed by atoms with E-state index in [0.29, 0.717) is 6.54 Å². The monoisotopic (exact) mass is 369 g/mol. The highest BCUT2D eigenvalue weighted by atomic mass is 19.1. The summed E-state index contributed by atoms with van der Waals surface area (Å²) in [7, 11) is 1.67. The van der Waals surface area contributed by atoms with Crippen LogP contribution in [0.5, 0.6) is 5.75 Å². The van der Waals surface area contributed by atoms with Gasteiger partial charge in [0, 0.05) is 30.6 Å². The summed E-state index contributed by atoms with van der Waals surface area (Å²) >= 11 is 0. The van der Waals surface area contributed by atoms with Gasteiger partial charge in [0.2, 0.25) is 0 Å². The van der Waals surface area contributed by atoms with Gasteiger partial charge in [0.25, 0.3) is 0 Å². The Balaban J connectivity index is 1.69. The van der Waals surface area contributed by atoms with E-state index in [2.05, 4.69) is 17.0 Å². The Bertz CT molecular complexity index is 778. The van der Waals surface area contributed by atoms with Crippen molar-refractivity contribution in [3.8, 4) is 5.75 Å². The fraction of sp³-hybridized carbons (Fsp3) is 0.478. The number of piperidine rings is 1. The molecule has 1 aliphatic heterocycles. The van der Waals surface area contributed by atoms with Gasteiger partial charge in [-0.2, -0.15) is 0 Å². The van der Waals surface area contributed by atoms with Crippen LogP contribution in [0.3, 0.4) is 0 Å². The van der Waals surface area contributed by atoms with Crippen LogP contribution in [0.1, 0.15) is 49.3 Å². The molecule has 2 aromatic carbocycles. The maximum atomic E-state index is 14.3. The van der Waals surface area contributed by atoms with Crippen LogP contribution in [0.25, 0.3) is 0 Å². The molecule has 0 spiro atoms. The second kappa shape index (κ2) is 7.61. The predicted octanol–water partition coefficient (Wildman–Crippen LogP) is 4.70. The Morgan fingerprint density at radius 3 is 2.63 bits per heavy atom. The van der Waals surface area contributed by atoms with Crippen molar-refractivity contribution in [3.05, 3.63) is 65.5 Å². The van der Waals surface area contributed by atoms with Gasteiger partial charge in [-0.05, 0) is 43.0 Å². The molecule has 1 aliphatic carbocycles. The Morgan fingerprint density at radius 1 is 1.11 bits per heavy atom. The summed E-state index contributed by atoms with van der Waals surface area (Å²) < 4.78 is 19.6. The molecule has 4 heteroatoms. The first kappa shape index (κ1) is 18.5. The van der Waals surface area contributed by atoms with Crippen molar-refractivity contribution in [1.82, 2.24) is 4.90 Å². The smallest absolute Gasteiger partial charge is 0.127 e. The molecule has 2 aromatic rings. The molecule has 1 heterocycles. The fourth-order valence-corrected chi connectivity index (χ4v) is 5.01. The number of ether oxygens (including phenoxy) is 1. The summed E-state index contributed by atoms with van der Waals surface area (Å²) in [5.41, 5.74) is 1.30. The van der Waals surface area contributed by atoms with Crippen molar-refractivity contribution in [3.63, 3.8) is 0 Å². The average molecular weight is 369 g/mol. The third-order valence-electron chi connectivity index (χ3n) is 6.46. The Kier molecular flexibility index (Phi) is 5.20. The van der Waals surface area contributed by atoms with Crippen molar-refractivity contribution in [2.75, 3.05) is 13.7 Å². The van der Waals surface area contributed by atoms with Crippen molar-refractivity contribution < 1.29 is 14.2 Å². The number of fused-ring (bicyclic) bond motifs is 1. The topological polar surface area (TPSA) is 32.7 Å². The number of benzene rings is 2. The second-order valence-electron chi connectivity index (χ2n) is 7.99. The molecule has 2 fully saturated rings. The van der Waals surface area contributed by atoms with Gasteiger partial charge < -0.3 is 9.84 Å². The van der Waals surface area contributed by atoms with E-state index < -0.39 is 5.60 Å². The van der Waals surface area contributed by atoms with Gasteiger partial charge >= 0.3 is 0 Å². The molecule has 3 nitrogen and oxygen atoms in total. The summed E-state index contributed by atoms with van der Waals surface area (Å²) in [6, 6.07) is 15.3. The molecule has 4 rings (SSSR count). The summed E-state index contributed by atoms with van der Waals surface area (Å²) in [6.07, 6.45) is 4.89. The highest BCUT2D eigenvalue weighted by Crippen LogP contribution is 2.49. The Hall–Kier alpha value is -1.91. The Labute approximate surface area is 160 Å². The maximum absolute atomic E-state index is 14.3. The molecule has 0 bridgehead atoms. The first-order valence-electron chi connectivity index (χ1n) is 9.94. The molecule has 1 saturated carbocycles. The molecule has 1 N–H and O–H groups in total. The van der Waals surface area contributed by atoms with Crippen LogP contribution in [-0.2, 0) is 6.54 Å². The zero-order chi connectivity index (χ0) is 18.9. The molecule has 0 amide bonds. The van der Waals surface area contributed by atoms with Crippen molar-refractivity contribution >= 4 is 0 Å². The van der Waals surface area contributed by atoms with E-state index in [4.69, 9.17) is 4.74 Å². The maximum Gasteiger partial charge on any atom is 0.127 e. The van der Waals surface area contributed by atoms with E-state index in [0.717, 1.165) is 50.0 Å². The normalized spacial score (nSPS) is 28.6. The van der Waals surface area contributed by atoms with Crippen molar-refractivity contribution in [1.29, 1.82) is 0 Å². The lowest BCUT2D eigenvalue weighted by atomic mass is 9.66. The summed E-state index contributed by atoms with van der Waals surface area (Å²) in [4.78, 5) is 2.35. The number of methoxy groups -OCH3 is 1. The van der Waals surface area contributed by atoms with Gasteiger partial charge in [-0.25, -0.2) is 4.39 Å². The summed E-state index contributed by atoms with van der Waals surface area (Å²) in [5.74, 6) is 0.852. The first-order valence-corrected chi connectivity index (χ1v) is 9.94. The minimum absolute atomic E-state index is 0.0922. The summed E-state index contributed by atoms with van der Waals surface area (Å²) in [6.45, 7) is 1.34. The molecule has 2 aliphatic rings. The number of aliphatic hydroxyl groups is 1. The molecule has 144 valence electrons. The third kappa shape index (κ3) is 3.61. The van der Waals surface area contributed by atoms with Crippen molar-refractivity contribution in [2.24, 2.45) is 5.92 Å². The van der Waals surface area contributed by atoms with Crippen LogP contribution in [0.15, 0.2) is 48.5 Å². The number of likely N-dealkylation sites (tertiary alicyclic amines) is 1. The van der Waals surface area contributed by atoms with Crippen LogP contribution in [0, 0.1) is 11.7 Å². The zero-order valence-corrected chi connectivity index (χ0v) is 15.9. The van der Waals surface area contributed by atoms with E-state index in [1.54, 1.807) is 13.2 Å². The minimum atomic E-state index is -0.603. The van der Waals surface area contributed by atoms with E-state index in [9.17, 15) is 9.50 Å². The highest BCUT2D eigenvalue weighted by Gasteiger charge is 2.48. The second-order valence-corrected chi connectivity index (χ2v) is 7.99. The predicted molar refractivity (Wildman–Crippen MR) is 104 cm³/mol. The highest BCUT2D eigenvalue weighted by molar-refractivity contribution is 5.31. The number of hydrogen-bond donors (Lipinski definition) is 1. The summed E-state index contributed by atoms with van der Waals surface area (Å²) in [5, 5.41) is 11.3. The number of rotatable bonds is 4. The van der Waals surface area contributed by atoms with Crippen molar-refractivity contribution in [2.45, 2.75) is 50.3 Å². The van der Waals surface area contributed by atoms with Gasteiger partial charge in [-0.15, -0.1) is 0 Å². The van der Waals surface area contributed by atoms with E-state index >= 15 is 0 Å². The SMILES string of the molecule is COc1ccc([C@@H]2[C@@H]3CCCC[C@@]3(O)CCN2Cc2ccccc2F)cc1. The van der Waals surface area contributed by atoms with Gasteiger partial charge in [-0.1, -0.05) is 43.2 Å². The minimum Gasteiger partial charge on any atom is -0.497 e. The zero-order valence-electron chi connectivity index (χ0n) is 15.9. The fourth-order valence-electron chi connectivity index (χ4n) is 5.01. The van der Waals surface area contributed by atoms with Gasteiger partial charge in [0.1, 0.15) is 11.6 Å². The molecule has 1 saturated heterocycles. The largest absolute Gasteiger partial charge is 0.497 e. The van der Waals surface area contributed by atoms with Crippen LogP contribution in [-0.4, -0.2) is 29.3 Å². The lowest BCUT2D eigenvalue weighted by Crippen LogP contribution is -2.54. The average Bonchev–Trinajstić information content (AvgIpc) is 2.70. The molecule has 0 radical (unpaired) electrons. The molecule has 27 heavy (non-hydrogen) atoms. The van der Waals surface area contributed by atoms with E-state index in [1.165, 1.54) is 11.6 Å². The van der Waals surface area contributed by atoms with Gasteiger partial charge in [0.05, 0.1) is 12.7 Å². The Morgan fingerprint density at radius 2 is 1.89 bits per heavy atom. The lowest BCUT2D eigenvalue weighted by Gasteiger charge is -2.52. The number of hydrogen-bond acceptors (Lipinski definition) is 3. The standard InChI is InChI=1S/C23H28FNO2/c1-27-19-11-9-17(10-12-19)22-20-7-4-5-13-23(20,26)14-15-25(22)16-18-6-2-3-8-21(18)24/h2-3,6,8-12,20,22,26H,4-5,7,13-16H2,1H3/t20-,22+,23+/m0/s1. The lowest BCUT2D eigenvalue weighted by molar-refractivity contribution is -0.126. The number of halogens is 1. The van der Waals surface area contributed by atoms with Crippen LogP contribution >= 0.6 is 0 Å².